The number of benzene rings is 2. The maximum Gasteiger partial charge on any atom is 0.307 e. The second-order valence-electron chi connectivity index (χ2n) is 5.92. The molecule has 1 atom stereocenters. The monoisotopic (exact) mass is 402 g/mol. The number of methoxy groups -OCH3 is 1. The van der Waals surface area contributed by atoms with Crippen molar-refractivity contribution in [2.75, 3.05) is 7.11 Å². The number of rotatable bonds is 6. The van der Waals surface area contributed by atoms with E-state index in [1.54, 1.807) is 24.3 Å². The van der Waals surface area contributed by atoms with Crippen LogP contribution in [0.1, 0.15) is 28.5 Å². The predicted octanol–water partition coefficient (Wildman–Crippen LogP) is 3.16. The number of nitrogens with one attached hydrogen (secondary N) is 2. The van der Waals surface area contributed by atoms with Crippen LogP contribution in [0.5, 0.6) is 0 Å². The lowest BCUT2D eigenvalue weighted by atomic mass is 10.0. The molecule has 0 spiro atoms. The Morgan fingerprint density at radius 1 is 1.29 bits per heavy atom. The van der Waals surface area contributed by atoms with Crippen molar-refractivity contribution in [3.8, 4) is 0 Å². The Kier molecular flexibility index (Phi) is 5.55. The molecule has 0 saturated heterocycles. The molecule has 2 N–H and O–H groups in total. The summed E-state index contributed by atoms with van der Waals surface area (Å²) in [5.74, 6) is -1.10. The van der Waals surface area contributed by atoms with Crippen LogP contribution in [0, 0.1) is 10.1 Å². The largest absolute Gasteiger partial charge is 0.469 e. The van der Waals surface area contributed by atoms with E-state index in [4.69, 9.17) is 16.3 Å². The van der Waals surface area contributed by atoms with Gasteiger partial charge in [0.1, 0.15) is 0 Å². The van der Waals surface area contributed by atoms with Crippen LogP contribution in [0.4, 0.5) is 5.69 Å². The van der Waals surface area contributed by atoms with Crippen LogP contribution in [0.2, 0.25) is 5.02 Å². The number of aromatic amines is 1. The molecule has 9 nitrogen and oxygen atoms in total. The highest BCUT2D eigenvalue weighted by Crippen LogP contribution is 2.24. The fourth-order valence-electron chi connectivity index (χ4n) is 2.71. The van der Waals surface area contributed by atoms with Crippen molar-refractivity contribution in [2.45, 2.75) is 12.5 Å². The standard InChI is InChI=1S/C18H15ClN4O5/c1-28-16(24)9-15(10-2-4-11(19)5-3-10)20-18(25)17-13-8-12(23(26)27)6-7-14(13)21-22-17/h2-8,15H,9H2,1H3,(H,20,25)(H,21,22)/t15-/m0/s1. The molecule has 2 aromatic carbocycles. The number of nitro benzene ring substituents is 1. The smallest absolute Gasteiger partial charge is 0.307 e. The van der Waals surface area contributed by atoms with E-state index in [2.05, 4.69) is 15.5 Å². The first kappa shape index (κ1) is 19.3. The SMILES string of the molecule is COC(=O)C[C@H](NC(=O)c1n[nH]c2ccc([N+](=O)[O-])cc12)c1ccc(Cl)cc1. The highest BCUT2D eigenvalue weighted by molar-refractivity contribution is 6.30. The Bertz CT molecular complexity index is 1050. The molecule has 0 aliphatic heterocycles. The van der Waals surface area contributed by atoms with Gasteiger partial charge in [-0.1, -0.05) is 23.7 Å². The lowest BCUT2D eigenvalue weighted by Gasteiger charge is -2.18. The summed E-state index contributed by atoms with van der Waals surface area (Å²) in [6.45, 7) is 0. The summed E-state index contributed by atoms with van der Waals surface area (Å²) in [7, 11) is 1.25. The number of hydrogen-bond acceptors (Lipinski definition) is 6. The van der Waals surface area contributed by atoms with Crippen LogP contribution in [-0.2, 0) is 9.53 Å². The van der Waals surface area contributed by atoms with Gasteiger partial charge >= 0.3 is 5.97 Å². The van der Waals surface area contributed by atoms with Crippen LogP contribution in [0.25, 0.3) is 10.9 Å². The average Bonchev–Trinajstić information content (AvgIpc) is 3.11. The van der Waals surface area contributed by atoms with Gasteiger partial charge in [-0.25, -0.2) is 0 Å². The number of hydrogen-bond donors (Lipinski definition) is 2. The van der Waals surface area contributed by atoms with E-state index in [1.165, 1.54) is 25.3 Å². The van der Waals surface area contributed by atoms with Gasteiger partial charge in [-0.05, 0) is 23.8 Å². The summed E-state index contributed by atoms with van der Waals surface area (Å²) in [4.78, 5) is 35.0. The van der Waals surface area contributed by atoms with Gasteiger partial charge in [0.2, 0.25) is 0 Å². The lowest BCUT2D eigenvalue weighted by Crippen LogP contribution is -2.30. The molecular formula is C18H15ClN4O5. The van der Waals surface area contributed by atoms with E-state index in [9.17, 15) is 19.7 Å². The van der Waals surface area contributed by atoms with Crippen molar-refractivity contribution < 1.29 is 19.2 Å². The van der Waals surface area contributed by atoms with Crippen LogP contribution in [0.3, 0.4) is 0 Å². The van der Waals surface area contributed by atoms with Crippen LogP contribution < -0.4 is 5.32 Å². The summed E-state index contributed by atoms with van der Waals surface area (Å²) in [5.41, 5.74) is 0.954. The van der Waals surface area contributed by atoms with Gasteiger partial charge in [0, 0.05) is 22.5 Å². The van der Waals surface area contributed by atoms with E-state index >= 15 is 0 Å². The number of halogens is 1. The summed E-state index contributed by atoms with van der Waals surface area (Å²) < 4.78 is 4.70. The van der Waals surface area contributed by atoms with Crippen molar-refractivity contribution in [2.24, 2.45) is 0 Å². The number of carbonyl (C=O) groups is 2. The van der Waals surface area contributed by atoms with E-state index in [0.717, 1.165) is 0 Å². The van der Waals surface area contributed by atoms with Gasteiger partial charge in [0.25, 0.3) is 11.6 Å². The van der Waals surface area contributed by atoms with Crippen molar-refractivity contribution in [1.29, 1.82) is 0 Å². The zero-order chi connectivity index (χ0) is 20.3. The summed E-state index contributed by atoms with van der Waals surface area (Å²) in [6, 6.07) is 10.0. The molecule has 1 aromatic heterocycles. The molecule has 3 aromatic rings. The third kappa shape index (κ3) is 4.09. The van der Waals surface area contributed by atoms with Crippen molar-refractivity contribution in [3.05, 3.63) is 68.9 Å². The first-order valence-electron chi connectivity index (χ1n) is 8.14. The number of nitro groups is 1. The van der Waals surface area contributed by atoms with Crippen LogP contribution in [-0.4, -0.2) is 34.1 Å². The number of H-pyrrole nitrogens is 1. The minimum absolute atomic E-state index is 0.0115. The number of ether oxygens (including phenoxy) is 1. The topological polar surface area (TPSA) is 127 Å². The van der Waals surface area contributed by atoms with Gasteiger partial charge in [-0.15, -0.1) is 0 Å². The molecule has 1 amide bonds. The van der Waals surface area contributed by atoms with Crippen molar-refractivity contribution >= 4 is 40.1 Å². The molecule has 0 unspecified atom stereocenters. The summed E-state index contributed by atoms with van der Waals surface area (Å²) in [5, 5.41) is 21.2. The Labute approximate surface area is 163 Å². The van der Waals surface area contributed by atoms with E-state index in [0.29, 0.717) is 21.5 Å². The lowest BCUT2D eigenvalue weighted by molar-refractivity contribution is -0.384. The van der Waals surface area contributed by atoms with E-state index in [1.807, 2.05) is 0 Å². The van der Waals surface area contributed by atoms with Crippen LogP contribution >= 0.6 is 11.6 Å². The van der Waals surface area contributed by atoms with Gasteiger partial charge in [-0.2, -0.15) is 5.10 Å². The molecule has 0 aliphatic rings. The zero-order valence-corrected chi connectivity index (χ0v) is 15.4. The number of non-ortho nitro benzene ring substituents is 1. The van der Waals surface area contributed by atoms with Gasteiger partial charge in [-0.3, -0.25) is 24.8 Å². The molecule has 3 rings (SSSR count). The summed E-state index contributed by atoms with van der Waals surface area (Å²) >= 11 is 5.89. The zero-order valence-electron chi connectivity index (χ0n) is 14.6. The van der Waals surface area contributed by atoms with E-state index < -0.39 is 22.8 Å². The molecule has 28 heavy (non-hydrogen) atoms. The number of fused-ring (bicyclic) bond motifs is 1. The maximum atomic E-state index is 12.8. The highest BCUT2D eigenvalue weighted by Gasteiger charge is 2.23. The molecule has 144 valence electrons. The Balaban J connectivity index is 1.92. The first-order chi connectivity index (χ1) is 13.4. The Morgan fingerprint density at radius 3 is 2.64 bits per heavy atom. The van der Waals surface area contributed by atoms with Crippen molar-refractivity contribution in [1.82, 2.24) is 15.5 Å². The second kappa shape index (κ2) is 8.05. The quantitative estimate of drug-likeness (QED) is 0.370. The molecule has 1 heterocycles. The molecule has 0 fully saturated rings. The molecule has 0 radical (unpaired) electrons. The molecule has 0 aliphatic carbocycles. The van der Waals surface area contributed by atoms with Gasteiger partial charge in [0.05, 0.1) is 30.0 Å². The number of nitrogens with zero attached hydrogens (tertiary/aromatic N) is 2. The second-order valence-corrected chi connectivity index (χ2v) is 6.35. The number of amides is 1. The molecular weight excluding hydrogens is 388 g/mol. The number of aromatic nitrogens is 2. The maximum absolute atomic E-state index is 12.8. The molecule has 0 bridgehead atoms. The van der Waals surface area contributed by atoms with Gasteiger partial charge in [0.15, 0.2) is 5.69 Å². The molecule has 0 saturated carbocycles. The third-order valence-corrected chi connectivity index (χ3v) is 4.40. The van der Waals surface area contributed by atoms with Crippen molar-refractivity contribution in [3.63, 3.8) is 0 Å². The minimum atomic E-state index is -0.692. The average molecular weight is 403 g/mol. The van der Waals surface area contributed by atoms with Gasteiger partial charge < -0.3 is 10.1 Å². The highest BCUT2D eigenvalue weighted by atomic mass is 35.5. The van der Waals surface area contributed by atoms with Crippen LogP contribution in [0.15, 0.2) is 42.5 Å². The summed E-state index contributed by atoms with van der Waals surface area (Å²) in [6.07, 6.45) is -0.105. The fraction of sp³-hybridized carbons (Fsp3) is 0.167. The third-order valence-electron chi connectivity index (χ3n) is 4.15. The Morgan fingerprint density at radius 2 is 2.00 bits per heavy atom. The molecule has 10 heteroatoms. The number of esters is 1. The Hall–Kier alpha value is -3.46. The normalized spacial score (nSPS) is 11.8. The fourth-order valence-corrected chi connectivity index (χ4v) is 2.84. The number of carbonyl (C=O) groups excluding carboxylic acids is 2. The first-order valence-corrected chi connectivity index (χ1v) is 8.52. The van der Waals surface area contributed by atoms with E-state index in [-0.39, 0.29) is 17.8 Å². The minimum Gasteiger partial charge on any atom is -0.469 e. The predicted molar refractivity (Wildman–Crippen MR) is 101 cm³/mol.